The summed E-state index contributed by atoms with van der Waals surface area (Å²) in [4.78, 5) is 30.1. The standard InChI is InChI=1S/C27H37ClN2O6/c1-7-18(8-2)25(36-20-11-9-19(28)10-12-20)17(5)35-27(33)21(15-16(3)4)30-26(32)23-24(31)22(34-6)13-14-29-23/h9-14,16-18,21,25,31H,7-8,15H2,1-6H3,(H,30,32)/t17-,21-,25+/m0/s1. The largest absolute Gasteiger partial charge is 0.503 e. The zero-order valence-corrected chi connectivity index (χ0v) is 22.5. The Morgan fingerprint density at radius 1 is 1.08 bits per heavy atom. The van der Waals surface area contributed by atoms with Crippen molar-refractivity contribution in [3.8, 4) is 17.2 Å². The summed E-state index contributed by atoms with van der Waals surface area (Å²) < 4.78 is 17.2. The van der Waals surface area contributed by atoms with E-state index < -0.39 is 35.9 Å². The maximum Gasteiger partial charge on any atom is 0.329 e. The fourth-order valence-corrected chi connectivity index (χ4v) is 4.14. The Kier molecular flexibility index (Phi) is 11.3. The monoisotopic (exact) mass is 520 g/mol. The lowest BCUT2D eigenvalue weighted by Crippen LogP contribution is -2.47. The first kappa shape index (κ1) is 29.2. The molecule has 0 radical (unpaired) electrons. The van der Waals surface area contributed by atoms with Gasteiger partial charge in [-0.1, -0.05) is 39.3 Å². The molecule has 2 N–H and O–H groups in total. The predicted molar refractivity (Wildman–Crippen MR) is 139 cm³/mol. The van der Waals surface area contributed by atoms with Crippen LogP contribution in [0.5, 0.6) is 17.2 Å². The zero-order chi connectivity index (χ0) is 26.8. The summed E-state index contributed by atoms with van der Waals surface area (Å²) in [5.41, 5.74) is -0.232. The van der Waals surface area contributed by atoms with Crippen molar-refractivity contribution in [1.29, 1.82) is 0 Å². The lowest BCUT2D eigenvalue weighted by atomic mass is 9.93. The summed E-state index contributed by atoms with van der Waals surface area (Å²) in [5.74, 6) is -0.708. The Bertz CT molecular complexity index is 994. The van der Waals surface area contributed by atoms with Gasteiger partial charge >= 0.3 is 5.97 Å². The first-order chi connectivity index (χ1) is 17.1. The molecule has 0 fully saturated rings. The van der Waals surface area contributed by atoms with E-state index in [-0.39, 0.29) is 23.3 Å². The number of amides is 1. The van der Waals surface area contributed by atoms with Crippen molar-refractivity contribution in [2.75, 3.05) is 7.11 Å². The van der Waals surface area contributed by atoms with Gasteiger partial charge in [-0.3, -0.25) is 4.79 Å². The van der Waals surface area contributed by atoms with E-state index in [1.54, 1.807) is 31.2 Å². The van der Waals surface area contributed by atoms with Gasteiger partial charge in [0.1, 0.15) is 24.0 Å². The van der Waals surface area contributed by atoms with E-state index in [0.29, 0.717) is 17.2 Å². The minimum absolute atomic E-state index is 0.0881. The van der Waals surface area contributed by atoms with Gasteiger partial charge in [-0.05, 0) is 62.3 Å². The highest BCUT2D eigenvalue weighted by Gasteiger charge is 2.33. The number of methoxy groups -OCH3 is 1. The Morgan fingerprint density at radius 3 is 2.28 bits per heavy atom. The maximum atomic E-state index is 13.2. The normalized spacial score (nSPS) is 13.7. The summed E-state index contributed by atoms with van der Waals surface area (Å²) in [7, 11) is 1.37. The molecule has 2 rings (SSSR count). The Morgan fingerprint density at radius 2 is 1.72 bits per heavy atom. The van der Waals surface area contributed by atoms with Gasteiger partial charge in [-0.25, -0.2) is 9.78 Å². The molecule has 1 aromatic carbocycles. The number of aromatic nitrogens is 1. The molecular weight excluding hydrogens is 484 g/mol. The molecule has 2 aromatic rings. The van der Waals surface area contributed by atoms with Crippen molar-refractivity contribution in [2.24, 2.45) is 11.8 Å². The number of esters is 1. The number of benzene rings is 1. The van der Waals surface area contributed by atoms with Crippen LogP contribution in [0.1, 0.15) is 64.4 Å². The van der Waals surface area contributed by atoms with E-state index in [9.17, 15) is 14.7 Å². The highest BCUT2D eigenvalue weighted by Crippen LogP contribution is 2.28. The number of carbonyl (C=O) groups is 2. The van der Waals surface area contributed by atoms with Gasteiger partial charge in [-0.2, -0.15) is 0 Å². The van der Waals surface area contributed by atoms with Crippen LogP contribution in [0.25, 0.3) is 0 Å². The van der Waals surface area contributed by atoms with Crippen LogP contribution in [0.4, 0.5) is 0 Å². The second-order valence-corrected chi connectivity index (χ2v) is 9.56. The third kappa shape index (κ3) is 8.01. The average molecular weight is 521 g/mol. The molecule has 1 amide bonds. The summed E-state index contributed by atoms with van der Waals surface area (Å²) in [6, 6.07) is 7.54. The molecule has 0 aliphatic heterocycles. The smallest absolute Gasteiger partial charge is 0.329 e. The molecule has 9 heteroatoms. The maximum absolute atomic E-state index is 13.2. The van der Waals surface area contributed by atoms with Crippen LogP contribution in [-0.2, 0) is 9.53 Å². The SMILES string of the molecule is CCC(CC)[C@H](Oc1ccc(Cl)cc1)[C@H](C)OC(=O)[C@H](CC(C)C)NC(=O)c1nccc(OC)c1O. The minimum atomic E-state index is -0.940. The van der Waals surface area contributed by atoms with Crippen molar-refractivity contribution in [1.82, 2.24) is 10.3 Å². The fraction of sp³-hybridized carbons (Fsp3) is 0.519. The van der Waals surface area contributed by atoms with Gasteiger partial charge in [0.2, 0.25) is 0 Å². The number of ether oxygens (including phenoxy) is 3. The van der Waals surface area contributed by atoms with Gasteiger partial charge in [0.15, 0.2) is 17.2 Å². The van der Waals surface area contributed by atoms with E-state index in [0.717, 1.165) is 12.8 Å². The van der Waals surface area contributed by atoms with Crippen molar-refractivity contribution >= 4 is 23.5 Å². The number of aromatic hydroxyl groups is 1. The third-order valence-electron chi connectivity index (χ3n) is 5.98. The van der Waals surface area contributed by atoms with Crippen LogP contribution in [0.2, 0.25) is 5.02 Å². The molecule has 1 aromatic heterocycles. The Hall–Kier alpha value is -3.00. The van der Waals surface area contributed by atoms with Crippen LogP contribution in [0.15, 0.2) is 36.5 Å². The van der Waals surface area contributed by atoms with E-state index in [4.69, 9.17) is 25.8 Å². The van der Waals surface area contributed by atoms with Crippen LogP contribution >= 0.6 is 11.6 Å². The van der Waals surface area contributed by atoms with Gasteiger partial charge in [0.05, 0.1) is 7.11 Å². The molecule has 0 bridgehead atoms. The second-order valence-electron chi connectivity index (χ2n) is 9.12. The molecule has 0 spiro atoms. The lowest BCUT2D eigenvalue weighted by Gasteiger charge is -2.32. The molecule has 0 saturated heterocycles. The van der Waals surface area contributed by atoms with Gasteiger partial charge in [0.25, 0.3) is 5.91 Å². The molecule has 1 heterocycles. The summed E-state index contributed by atoms with van der Waals surface area (Å²) in [6.45, 7) is 9.80. The summed E-state index contributed by atoms with van der Waals surface area (Å²) >= 11 is 6.00. The van der Waals surface area contributed by atoms with Crippen LogP contribution in [0.3, 0.4) is 0 Å². The third-order valence-corrected chi connectivity index (χ3v) is 6.24. The second kappa shape index (κ2) is 13.9. The van der Waals surface area contributed by atoms with E-state index in [2.05, 4.69) is 24.1 Å². The fourth-order valence-electron chi connectivity index (χ4n) is 4.01. The first-order valence-corrected chi connectivity index (χ1v) is 12.6. The number of nitrogens with zero attached hydrogens (tertiary/aromatic N) is 1. The molecule has 0 aliphatic rings. The summed E-state index contributed by atoms with van der Waals surface area (Å²) in [5, 5.41) is 13.6. The van der Waals surface area contributed by atoms with Crippen LogP contribution in [-0.4, -0.2) is 47.3 Å². The molecule has 8 nitrogen and oxygen atoms in total. The lowest BCUT2D eigenvalue weighted by molar-refractivity contribution is -0.157. The van der Waals surface area contributed by atoms with Gasteiger partial charge in [-0.15, -0.1) is 0 Å². The first-order valence-electron chi connectivity index (χ1n) is 12.3. The van der Waals surface area contributed by atoms with Gasteiger partial charge in [0, 0.05) is 17.3 Å². The number of hydrogen-bond donors (Lipinski definition) is 2. The molecule has 36 heavy (non-hydrogen) atoms. The Balaban J connectivity index is 2.21. The molecule has 3 atom stereocenters. The van der Waals surface area contributed by atoms with Crippen molar-refractivity contribution in [3.05, 3.63) is 47.2 Å². The molecular formula is C27H37ClN2O6. The number of rotatable bonds is 13. The highest BCUT2D eigenvalue weighted by atomic mass is 35.5. The number of hydrogen-bond acceptors (Lipinski definition) is 7. The average Bonchev–Trinajstić information content (AvgIpc) is 2.84. The van der Waals surface area contributed by atoms with Crippen LogP contribution < -0.4 is 14.8 Å². The van der Waals surface area contributed by atoms with Crippen molar-refractivity contribution < 1.29 is 28.9 Å². The van der Waals surface area contributed by atoms with Crippen LogP contribution in [0, 0.1) is 11.8 Å². The molecule has 0 saturated carbocycles. The summed E-state index contributed by atoms with van der Waals surface area (Å²) in [6.07, 6.45) is 2.38. The zero-order valence-electron chi connectivity index (χ0n) is 21.8. The number of pyridine rings is 1. The number of halogens is 1. The highest BCUT2D eigenvalue weighted by molar-refractivity contribution is 6.30. The van der Waals surface area contributed by atoms with Gasteiger partial charge < -0.3 is 24.6 Å². The Labute approximate surface area is 218 Å². The predicted octanol–water partition coefficient (Wildman–Crippen LogP) is 5.41. The van der Waals surface area contributed by atoms with E-state index in [1.165, 1.54) is 19.4 Å². The minimum Gasteiger partial charge on any atom is -0.503 e. The van der Waals surface area contributed by atoms with Crippen molar-refractivity contribution in [2.45, 2.75) is 72.1 Å². The topological polar surface area (TPSA) is 107 Å². The van der Waals surface area contributed by atoms with E-state index in [1.807, 2.05) is 13.8 Å². The molecule has 0 unspecified atom stereocenters. The van der Waals surface area contributed by atoms with E-state index >= 15 is 0 Å². The number of carbonyl (C=O) groups excluding carboxylic acids is 2. The molecule has 198 valence electrons. The molecule has 0 aliphatic carbocycles. The van der Waals surface area contributed by atoms with Crippen molar-refractivity contribution in [3.63, 3.8) is 0 Å². The quantitative estimate of drug-likeness (QED) is 0.340. The number of nitrogens with one attached hydrogen (secondary N) is 1.